The summed E-state index contributed by atoms with van der Waals surface area (Å²) in [6.45, 7) is 6.25. The Hall–Kier alpha value is -1.40. The lowest BCUT2D eigenvalue weighted by molar-refractivity contribution is 0.0695. The second-order valence-electron chi connectivity index (χ2n) is 5.74. The van der Waals surface area contributed by atoms with Crippen molar-refractivity contribution in [3.8, 4) is 0 Å². The van der Waals surface area contributed by atoms with Gasteiger partial charge in [0.1, 0.15) is 0 Å². The van der Waals surface area contributed by atoms with Crippen LogP contribution in [0, 0.1) is 5.92 Å². The average Bonchev–Trinajstić information content (AvgIpc) is 2.77. The van der Waals surface area contributed by atoms with Crippen molar-refractivity contribution >= 4 is 16.0 Å². The van der Waals surface area contributed by atoms with Crippen molar-refractivity contribution in [1.29, 1.82) is 0 Å². The highest BCUT2D eigenvalue weighted by Crippen LogP contribution is 2.30. The molecule has 116 valence electrons. The van der Waals surface area contributed by atoms with Crippen molar-refractivity contribution in [2.24, 2.45) is 5.92 Å². The van der Waals surface area contributed by atoms with E-state index in [-0.39, 0.29) is 16.5 Å². The summed E-state index contributed by atoms with van der Waals surface area (Å²) in [4.78, 5) is 11.4. The Morgan fingerprint density at radius 3 is 2.52 bits per heavy atom. The van der Waals surface area contributed by atoms with Gasteiger partial charge >= 0.3 is 5.97 Å². The minimum Gasteiger partial charge on any atom is -0.478 e. The number of hydrogen-bond acceptors (Lipinski definition) is 3. The predicted octanol–water partition coefficient (Wildman–Crippen LogP) is 2.37. The van der Waals surface area contributed by atoms with Gasteiger partial charge in [0.15, 0.2) is 0 Å². The summed E-state index contributed by atoms with van der Waals surface area (Å²) < 4.78 is 26.9. The van der Waals surface area contributed by atoms with E-state index in [1.807, 2.05) is 20.8 Å². The number of benzene rings is 1. The van der Waals surface area contributed by atoms with Gasteiger partial charge in [-0.15, -0.1) is 0 Å². The van der Waals surface area contributed by atoms with E-state index in [1.165, 1.54) is 16.4 Å². The van der Waals surface area contributed by atoms with Gasteiger partial charge in [-0.1, -0.05) is 19.9 Å². The predicted molar refractivity (Wildman–Crippen MR) is 79.9 cm³/mol. The SMILES string of the molecule is CCc1ccc(S(=O)(=O)N2CC(C)CC2C)cc1C(=O)O. The van der Waals surface area contributed by atoms with Crippen molar-refractivity contribution in [2.45, 2.75) is 44.6 Å². The quantitative estimate of drug-likeness (QED) is 0.926. The molecule has 1 fully saturated rings. The molecule has 1 aliphatic rings. The van der Waals surface area contributed by atoms with Crippen LogP contribution in [0.3, 0.4) is 0 Å². The summed E-state index contributed by atoms with van der Waals surface area (Å²) in [7, 11) is -3.63. The lowest BCUT2D eigenvalue weighted by Gasteiger charge is -2.21. The molecule has 0 saturated carbocycles. The third-order valence-corrected chi connectivity index (χ3v) is 6.00. The molecule has 1 aromatic carbocycles. The van der Waals surface area contributed by atoms with Crippen LogP contribution in [0.2, 0.25) is 0 Å². The lowest BCUT2D eigenvalue weighted by atomic mass is 10.1. The first-order chi connectivity index (χ1) is 9.77. The molecule has 0 aromatic heterocycles. The molecule has 0 amide bonds. The van der Waals surface area contributed by atoms with Crippen molar-refractivity contribution in [1.82, 2.24) is 4.31 Å². The Kier molecular flexibility index (Phi) is 4.39. The van der Waals surface area contributed by atoms with Gasteiger partial charge in [0.25, 0.3) is 0 Å². The number of carboxylic acid groups (broad SMARTS) is 1. The monoisotopic (exact) mass is 311 g/mol. The largest absolute Gasteiger partial charge is 0.478 e. The van der Waals surface area contributed by atoms with Gasteiger partial charge in [0, 0.05) is 12.6 Å². The topological polar surface area (TPSA) is 74.7 Å². The van der Waals surface area contributed by atoms with E-state index < -0.39 is 16.0 Å². The van der Waals surface area contributed by atoms with Crippen LogP contribution in [0.25, 0.3) is 0 Å². The van der Waals surface area contributed by atoms with Crippen molar-refractivity contribution < 1.29 is 18.3 Å². The lowest BCUT2D eigenvalue weighted by Crippen LogP contribution is -2.34. The second-order valence-corrected chi connectivity index (χ2v) is 7.63. The molecule has 0 spiro atoms. The molecule has 6 heteroatoms. The summed E-state index contributed by atoms with van der Waals surface area (Å²) >= 11 is 0. The third kappa shape index (κ3) is 2.96. The molecule has 0 radical (unpaired) electrons. The van der Waals surface area contributed by atoms with E-state index in [0.29, 0.717) is 24.4 Å². The maximum atomic E-state index is 12.7. The smallest absolute Gasteiger partial charge is 0.336 e. The molecular formula is C15H21NO4S. The van der Waals surface area contributed by atoms with Crippen LogP contribution in [0.1, 0.15) is 43.1 Å². The molecule has 0 aliphatic carbocycles. The molecule has 2 unspecified atom stereocenters. The molecule has 2 rings (SSSR count). The Bertz CT molecular complexity index is 654. The zero-order chi connectivity index (χ0) is 15.8. The van der Waals surface area contributed by atoms with Crippen LogP contribution in [0.5, 0.6) is 0 Å². The van der Waals surface area contributed by atoms with E-state index in [1.54, 1.807) is 6.07 Å². The first kappa shape index (κ1) is 16.0. The first-order valence-electron chi connectivity index (χ1n) is 7.15. The van der Waals surface area contributed by atoms with E-state index in [9.17, 15) is 18.3 Å². The van der Waals surface area contributed by atoms with Gasteiger partial charge in [-0.3, -0.25) is 0 Å². The first-order valence-corrected chi connectivity index (χ1v) is 8.59. The molecule has 1 saturated heterocycles. The van der Waals surface area contributed by atoms with Crippen LogP contribution < -0.4 is 0 Å². The van der Waals surface area contributed by atoms with E-state index >= 15 is 0 Å². The third-order valence-electron chi connectivity index (χ3n) is 4.03. The van der Waals surface area contributed by atoms with E-state index in [4.69, 9.17) is 0 Å². The number of rotatable bonds is 4. The van der Waals surface area contributed by atoms with Crippen molar-refractivity contribution in [3.05, 3.63) is 29.3 Å². The number of carboxylic acids is 1. The van der Waals surface area contributed by atoms with Gasteiger partial charge in [0.05, 0.1) is 10.5 Å². The molecule has 1 heterocycles. The van der Waals surface area contributed by atoms with E-state index in [0.717, 1.165) is 6.42 Å². The standard InChI is InChI=1S/C15H21NO4S/c1-4-12-5-6-13(8-14(12)15(17)18)21(19,20)16-9-10(2)7-11(16)3/h5-6,8,10-11H,4,7,9H2,1-3H3,(H,17,18). The van der Waals surface area contributed by atoms with Gasteiger partial charge in [-0.05, 0) is 43.4 Å². The van der Waals surface area contributed by atoms with Crippen LogP contribution >= 0.6 is 0 Å². The molecule has 1 N–H and O–H groups in total. The molecule has 2 atom stereocenters. The molecule has 21 heavy (non-hydrogen) atoms. The van der Waals surface area contributed by atoms with Crippen LogP contribution in [0.15, 0.2) is 23.1 Å². The van der Waals surface area contributed by atoms with Gasteiger partial charge in [-0.25, -0.2) is 13.2 Å². The number of aryl methyl sites for hydroxylation is 1. The van der Waals surface area contributed by atoms with Crippen molar-refractivity contribution in [2.75, 3.05) is 6.54 Å². The maximum Gasteiger partial charge on any atom is 0.336 e. The van der Waals surface area contributed by atoms with Crippen LogP contribution in [-0.4, -0.2) is 36.4 Å². The number of nitrogens with zero attached hydrogens (tertiary/aromatic N) is 1. The highest BCUT2D eigenvalue weighted by molar-refractivity contribution is 7.89. The summed E-state index contributed by atoms with van der Waals surface area (Å²) in [5, 5.41) is 9.24. The summed E-state index contributed by atoms with van der Waals surface area (Å²) in [6.07, 6.45) is 1.39. The average molecular weight is 311 g/mol. The Morgan fingerprint density at radius 2 is 2.05 bits per heavy atom. The van der Waals surface area contributed by atoms with Gasteiger partial charge in [-0.2, -0.15) is 4.31 Å². The number of sulfonamides is 1. The van der Waals surface area contributed by atoms with Gasteiger partial charge in [0.2, 0.25) is 10.0 Å². The Morgan fingerprint density at radius 1 is 1.38 bits per heavy atom. The minimum atomic E-state index is -3.63. The summed E-state index contributed by atoms with van der Waals surface area (Å²) in [5.74, 6) is -0.768. The summed E-state index contributed by atoms with van der Waals surface area (Å²) in [6, 6.07) is 4.34. The van der Waals surface area contributed by atoms with Crippen molar-refractivity contribution in [3.63, 3.8) is 0 Å². The normalized spacial score (nSPS) is 23.4. The van der Waals surface area contributed by atoms with Gasteiger partial charge < -0.3 is 5.11 Å². The highest BCUT2D eigenvalue weighted by atomic mass is 32.2. The maximum absolute atomic E-state index is 12.7. The fraction of sp³-hybridized carbons (Fsp3) is 0.533. The number of carbonyl (C=O) groups is 1. The zero-order valence-corrected chi connectivity index (χ0v) is 13.4. The Balaban J connectivity index is 2.46. The van der Waals surface area contributed by atoms with Crippen LogP contribution in [-0.2, 0) is 16.4 Å². The zero-order valence-electron chi connectivity index (χ0n) is 12.5. The molecule has 0 bridgehead atoms. The fourth-order valence-electron chi connectivity index (χ4n) is 2.96. The Labute approximate surface area is 125 Å². The highest BCUT2D eigenvalue weighted by Gasteiger charge is 2.36. The second kappa shape index (κ2) is 5.77. The minimum absolute atomic E-state index is 0.0517. The number of hydrogen-bond donors (Lipinski definition) is 1. The van der Waals surface area contributed by atoms with Crippen LogP contribution in [0.4, 0.5) is 0 Å². The molecular weight excluding hydrogens is 290 g/mol. The molecule has 1 aromatic rings. The fourth-order valence-corrected chi connectivity index (χ4v) is 4.74. The molecule has 5 nitrogen and oxygen atoms in total. The van der Waals surface area contributed by atoms with E-state index in [2.05, 4.69) is 0 Å². The number of aromatic carboxylic acids is 1. The summed E-state index contributed by atoms with van der Waals surface area (Å²) in [5.41, 5.74) is 0.711. The molecule has 1 aliphatic heterocycles.